The molecule has 22 nitrogen and oxygen atoms in total. The number of amides is 6. The highest BCUT2D eigenvalue weighted by Gasteiger charge is 2.43. The molecule has 2 aromatic carbocycles. The zero-order chi connectivity index (χ0) is 53.9. The van der Waals surface area contributed by atoms with Gasteiger partial charge in [-0.3, -0.25) is 38.1 Å². The second kappa shape index (κ2) is 28.7. The first-order valence-electron chi connectivity index (χ1n) is 27.1. The van der Waals surface area contributed by atoms with Crippen LogP contribution in [0.1, 0.15) is 125 Å². The number of rotatable bonds is 23. The molecule has 0 radical (unpaired) electrons. The lowest BCUT2D eigenvalue weighted by atomic mass is 9.87. The Morgan fingerprint density at radius 1 is 0.577 bits per heavy atom. The monoisotopic (exact) mass is 1120 g/mol. The number of nitrogens with one attached hydrogen (secondary N) is 6. The molecule has 8 rings (SSSR count). The summed E-state index contributed by atoms with van der Waals surface area (Å²) in [4.78, 5) is 86.0. The summed E-state index contributed by atoms with van der Waals surface area (Å²) in [7, 11) is 3.32. The lowest BCUT2D eigenvalue weighted by Crippen LogP contribution is -2.59. The summed E-state index contributed by atoms with van der Waals surface area (Å²) in [5, 5.41) is 35.1. The van der Waals surface area contributed by atoms with E-state index >= 15 is 0 Å². The third-order valence-corrected chi connectivity index (χ3v) is 15.5. The Balaban J connectivity index is 0.00000492. The number of benzene rings is 2. The molecular weight excluding hydrogens is 1040 g/mol. The zero-order valence-electron chi connectivity index (χ0n) is 45.5. The van der Waals surface area contributed by atoms with Crippen LogP contribution in [0.5, 0.6) is 0 Å². The van der Waals surface area contributed by atoms with Gasteiger partial charge in [0.05, 0.1) is 75.1 Å². The average molecular weight is 1120 g/mol. The molecule has 4 heterocycles. The molecule has 2 unspecified atom stereocenters. The maximum Gasteiger partial charge on any atom is 0.248 e. The fraction of sp³-hybridized carbons (Fsp3) is 0.593. The van der Waals surface area contributed by atoms with Gasteiger partial charge in [0.2, 0.25) is 35.4 Å². The number of likely N-dealkylation sites (N-methyl/N-ethyl adjacent to an activating group) is 2. The van der Waals surface area contributed by atoms with Gasteiger partial charge in [0.15, 0.2) is 0 Å². The molecular formula is C54H78Cl2N14O8. The second-order valence-corrected chi connectivity index (χ2v) is 20.7. The van der Waals surface area contributed by atoms with Crippen molar-refractivity contribution in [3.8, 4) is 0 Å². The van der Waals surface area contributed by atoms with Gasteiger partial charge in [-0.05, 0) is 128 Å². The fourth-order valence-corrected chi connectivity index (χ4v) is 10.7. The topological polar surface area (TPSA) is 261 Å². The van der Waals surface area contributed by atoms with Crippen LogP contribution in [0.2, 0.25) is 0 Å². The van der Waals surface area contributed by atoms with Crippen LogP contribution in [0.3, 0.4) is 0 Å². The molecule has 24 heteroatoms. The third kappa shape index (κ3) is 15.0. The maximum absolute atomic E-state index is 14.4. The second-order valence-electron chi connectivity index (χ2n) is 20.7. The van der Waals surface area contributed by atoms with E-state index in [4.69, 9.17) is 9.47 Å². The van der Waals surface area contributed by atoms with Gasteiger partial charge < -0.3 is 51.2 Å². The van der Waals surface area contributed by atoms with E-state index in [1.807, 2.05) is 24.3 Å². The van der Waals surface area contributed by atoms with Gasteiger partial charge >= 0.3 is 0 Å². The molecule has 0 spiro atoms. The molecule has 78 heavy (non-hydrogen) atoms. The fourth-order valence-electron chi connectivity index (χ4n) is 10.7. The van der Waals surface area contributed by atoms with Gasteiger partial charge in [-0.2, -0.15) is 0 Å². The molecule has 2 aliphatic carbocycles. The number of halogens is 2. The minimum atomic E-state index is -1.08. The molecule has 2 saturated heterocycles. The zero-order valence-corrected chi connectivity index (χ0v) is 47.2. The van der Waals surface area contributed by atoms with Gasteiger partial charge in [0.1, 0.15) is 35.6 Å². The number of aromatic nitrogens is 6. The summed E-state index contributed by atoms with van der Waals surface area (Å²) in [6.07, 6.45) is 9.70. The summed E-state index contributed by atoms with van der Waals surface area (Å²) in [5.41, 5.74) is 5.68. The first-order valence-corrected chi connectivity index (χ1v) is 27.1. The average Bonchev–Trinajstić information content (AvgIpc) is 4.31. The smallest absolute Gasteiger partial charge is 0.248 e. The molecule has 0 saturated carbocycles. The van der Waals surface area contributed by atoms with Crippen LogP contribution in [-0.2, 0) is 77.4 Å². The highest BCUT2D eigenvalue weighted by atomic mass is 35.5. The predicted octanol–water partition coefficient (Wildman–Crippen LogP) is 2.78. The number of carbonyl (C=O) groups excluding carboxylic acids is 6. The number of nitrogens with zero attached hydrogens (tertiary/aromatic N) is 8. The SMILES string of the molecule is CN[C@@H](C)C(=O)NC(C(=O)N1CCC[C@H]1C(=O)NC1CCCc2ccccc21)[C@@H](C)OCc1cn(CCn2cc(CO[C@H](C)[C@H](NC(=O)[C@H](C)NC)C(=O)N3CCC[C@H]3C(=O)N[C@@H]3CCCc4ccccc43)nn2)nn1.Cl.Cl. The number of hydrogen-bond donors (Lipinski definition) is 6. The molecule has 6 N–H and O–H groups in total. The number of ether oxygens (including phenoxy) is 2. The Labute approximate surface area is 468 Å². The Bertz CT molecular complexity index is 2500. The normalized spacial score (nSPS) is 21.0. The van der Waals surface area contributed by atoms with Crippen LogP contribution in [-0.4, -0.2) is 151 Å². The van der Waals surface area contributed by atoms with Gasteiger partial charge in [0, 0.05) is 13.1 Å². The molecule has 4 aromatic rings. The van der Waals surface area contributed by atoms with Gasteiger partial charge in [0.25, 0.3) is 0 Å². The summed E-state index contributed by atoms with van der Waals surface area (Å²) >= 11 is 0. The van der Waals surface area contributed by atoms with Crippen molar-refractivity contribution in [1.29, 1.82) is 0 Å². The standard InChI is InChI=1S/C54H76N14O8.2ClH/c1-33(55-5)49(69)59-47(53(73)67-25-13-23-45(67)51(71)57-43-21-11-17-37-15-7-9-19-41(37)43)35(3)75-31-39-29-65(63-61-39)27-28-66-30-40(62-64-66)32-76-36(4)48(60-50(70)34(2)56-6)54(74)68-26-14-24-46(68)52(72)58-44-22-12-18-38-16-8-10-20-42(38)44;;/h7-10,15-16,19-20,29-30,33-36,43-48,55-56H,11-14,17-18,21-28,31-32H2,1-6H3,(H,57,71)(H,58,72)(H,59,69)(H,60,70);2*1H/t33-,34-,35+,36+,43+,44?,45-,46-,47-,48?;;/m0../s1. The van der Waals surface area contributed by atoms with Crippen molar-refractivity contribution in [2.24, 2.45) is 0 Å². The Morgan fingerprint density at radius 2 is 0.974 bits per heavy atom. The van der Waals surface area contributed by atoms with E-state index in [1.54, 1.807) is 73.3 Å². The summed E-state index contributed by atoms with van der Waals surface area (Å²) < 4.78 is 15.7. The quantitative estimate of drug-likeness (QED) is 0.0625. The highest BCUT2D eigenvalue weighted by Crippen LogP contribution is 2.32. The number of likely N-dealkylation sites (tertiary alicyclic amines) is 2. The molecule has 0 bridgehead atoms. The molecule has 2 aliphatic heterocycles. The van der Waals surface area contributed by atoms with E-state index < -0.39 is 48.5 Å². The molecule has 2 aromatic heterocycles. The van der Waals surface area contributed by atoms with E-state index in [-0.39, 0.29) is 85.6 Å². The number of fused-ring (bicyclic) bond motifs is 2. The van der Waals surface area contributed by atoms with Crippen molar-refractivity contribution in [3.63, 3.8) is 0 Å². The first kappa shape index (κ1) is 61.2. The van der Waals surface area contributed by atoms with Crippen molar-refractivity contribution >= 4 is 60.3 Å². The van der Waals surface area contributed by atoms with E-state index in [0.717, 1.165) is 49.7 Å². The van der Waals surface area contributed by atoms with Crippen LogP contribution in [0.4, 0.5) is 0 Å². The van der Waals surface area contributed by atoms with Crippen molar-refractivity contribution < 1.29 is 38.2 Å². The van der Waals surface area contributed by atoms with Crippen molar-refractivity contribution in [2.45, 2.75) is 179 Å². The Morgan fingerprint density at radius 3 is 1.37 bits per heavy atom. The van der Waals surface area contributed by atoms with Crippen LogP contribution >= 0.6 is 24.8 Å². The maximum atomic E-state index is 14.4. The van der Waals surface area contributed by atoms with Crippen molar-refractivity contribution in [2.75, 3.05) is 27.2 Å². The van der Waals surface area contributed by atoms with Crippen molar-refractivity contribution in [3.05, 3.63) is 94.6 Å². The molecule has 4 aliphatic rings. The van der Waals surface area contributed by atoms with Crippen molar-refractivity contribution in [1.82, 2.24) is 71.7 Å². The lowest BCUT2D eigenvalue weighted by molar-refractivity contribution is -0.145. The minimum absolute atomic E-state index is 0. The Kier molecular flexibility index (Phi) is 22.5. The van der Waals surface area contributed by atoms with E-state index in [0.29, 0.717) is 63.3 Å². The molecule has 2 fully saturated rings. The summed E-state index contributed by atoms with van der Waals surface area (Å²) in [5.74, 6) is -1.94. The molecule has 10 atom stereocenters. The first-order chi connectivity index (χ1) is 36.7. The van der Waals surface area contributed by atoms with Gasteiger partial charge in [-0.15, -0.1) is 35.0 Å². The van der Waals surface area contributed by atoms with Crippen LogP contribution in [0, 0.1) is 0 Å². The van der Waals surface area contributed by atoms with E-state index in [2.05, 4.69) is 76.8 Å². The molecule has 426 valence electrons. The predicted molar refractivity (Wildman–Crippen MR) is 294 cm³/mol. The van der Waals surface area contributed by atoms with Crippen LogP contribution < -0.4 is 31.9 Å². The van der Waals surface area contributed by atoms with Crippen LogP contribution in [0.25, 0.3) is 0 Å². The minimum Gasteiger partial charge on any atom is -0.369 e. The van der Waals surface area contributed by atoms with Gasteiger partial charge in [-0.1, -0.05) is 59.0 Å². The van der Waals surface area contributed by atoms with E-state index in [9.17, 15) is 28.8 Å². The van der Waals surface area contributed by atoms with Gasteiger partial charge in [-0.25, -0.2) is 0 Å². The number of carbonyl (C=O) groups is 6. The summed E-state index contributed by atoms with van der Waals surface area (Å²) in [6, 6.07) is 11.4. The molecule has 6 amide bonds. The lowest BCUT2D eigenvalue weighted by Gasteiger charge is -2.33. The summed E-state index contributed by atoms with van der Waals surface area (Å²) in [6.45, 7) is 8.32. The van der Waals surface area contributed by atoms with E-state index in [1.165, 1.54) is 11.1 Å². The Hall–Kier alpha value is -6.04. The third-order valence-electron chi connectivity index (χ3n) is 15.5. The van der Waals surface area contributed by atoms with Crippen LogP contribution in [0.15, 0.2) is 60.9 Å². The number of aryl methyl sites for hydroxylation is 4. The number of hydrogen-bond acceptors (Lipinski definition) is 14. The largest absolute Gasteiger partial charge is 0.369 e. The highest BCUT2D eigenvalue weighted by molar-refractivity contribution is 5.95.